The molecule has 0 saturated heterocycles. The van der Waals surface area contributed by atoms with Gasteiger partial charge in [-0.25, -0.2) is 0 Å². The van der Waals surface area contributed by atoms with E-state index in [4.69, 9.17) is 9.47 Å². The van der Waals surface area contributed by atoms with E-state index in [1.807, 2.05) is 0 Å². The molecule has 0 amide bonds. The van der Waals surface area contributed by atoms with Gasteiger partial charge in [0.1, 0.15) is 17.6 Å². The van der Waals surface area contributed by atoms with Crippen LogP contribution >= 0.6 is 0 Å². The predicted molar refractivity (Wildman–Crippen MR) is 123 cm³/mol. The topological polar surface area (TPSA) is 72.8 Å². The third-order valence-corrected chi connectivity index (χ3v) is 8.08. The van der Waals surface area contributed by atoms with Crippen LogP contribution in [0.25, 0.3) is 0 Å². The van der Waals surface area contributed by atoms with Crippen LogP contribution in [0.4, 0.5) is 0 Å². The van der Waals surface area contributed by atoms with Gasteiger partial charge in [-0.05, 0) is 55.9 Å². The van der Waals surface area contributed by atoms with Gasteiger partial charge < -0.3 is 14.6 Å². The van der Waals surface area contributed by atoms with Crippen LogP contribution in [0, 0.1) is 11.3 Å². The Morgan fingerprint density at radius 2 is 2.00 bits per heavy atom. The fourth-order valence-corrected chi connectivity index (χ4v) is 6.24. The van der Waals surface area contributed by atoms with Crippen molar-refractivity contribution in [2.24, 2.45) is 11.3 Å². The molecule has 1 aliphatic heterocycles. The molecule has 3 aliphatic rings. The van der Waals surface area contributed by atoms with Crippen molar-refractivity contribution in [3.63, 3.8) is 0 Å². The van der Waals surface area contributed by atoms with E-state index in [2.05, 4.69) is 34.3 Å². The minimum Gasteiger partial charge on any atom is -0.507 e. The molecule has 0 bridgehead atoms. The normalized spacial score (nSPS) is 28.7. The maximum Gasteiger partial charge on any atom is 0.228 e. The molecule has 0 radical (unpaired) electrons. The van der Waals surface area contributed by atoms with E-state index in [0.717, 1.165) is 25.7 Å². The third-order valence-electron chi connectivity index (χ3n) is 8.08. The van der Waals surface area contributed by atoms with E-state index < -0.39 is 11.2 Å². The molecule has 3 unspecified atom stereocenters. The number of hydrogen-bond acceptors (Lipinski definition) is 5. The van der Waals surface area contributed by atoms with E-state index in [-0.39, 0.29) is 39.9 Å². The summed E-state index contributed by atoms with van der Waals surface area (Å²) < 4.78 is 11.4. The number of methoxy groups -OCH3 is 1. The molecule has 1 N–H and O–H groups in total. The van der Waals surface area contributed by atoms with Gasteiger partial charge in [-0.2, -0.15) is 0 Å². The molecular formula is C27H34O5. The number of rotatable bonds is 5. The van der Waals surface area contributed by atoms with Gasteiger partial charge in [0.05, 0.1) is 12.7 Å². The first-order valence-corrected chi connectivity index (χ1v) is 11.6. The Balaban J connectivity index is 1.76. The summed E-state index contributed by atoms with van der Waals surface area (Å²) in [5, 5.41) is 11.1. The Bertz CT molecular complexity index is 1030. The van der Waals surface area contributed by atoms with Gasteiger partial charge in [-0.1, -0.05) is 39.8 Å². The highest BCUT2D eigenvalue weighted by Crippen LogP contribution is 2.56. The number of hydrogen-bond donors (Lipinski definition) is 1. The van der Waals surface area contributed by atoms with Gasteiger partial charge in [-0.3, -0.25) is 9.59 Å². The molecule has 5 heteroatoms. The zero-order chi connectivity index (χ0) is 23.4. The van der Waals surface area contributed by atoms with Gasteiger partial charge >= 0.3 is 0 Å². The van der Waals surface area contributed by atoms with Crippen molar-refractivity contribution in [2.75, 3.05) is 7.11 Å². The first kappa shape index (κ1) is 22.6. The monoisotopic (exact) mass is 438 g/mol. The van der Waals surface area contributed by atoms with Crippen LogP contribution < -0.4 is 4.74 Å². The molecule has 32 heavy (non-hydrogen) atoms. The molecular weight excluding hydrogens is 404 g/mol. The first-order valence-electron chi connectivity index (χ1n) is 11.6. The van der Waals surface area contributed by atoms with E-state index in [0.29, 0.717) is 17.2 Å². The van der Waals surface area contributed by atoms with Gasteiger partial charge in [0.15, 0.2) is 11.5 Å². The van der Waals surface area contributed by atoms with Crippen molar-refractivity contribution in [2.45, 2.75) is 77.7 Å². The summed E-state index contributed by atoms with van der Waals surface area (Å²) >= 11 is 0. The van der Waals surface area contributed by atoms with Crippen LogP contribution in [0.5, 0.6) is 11.5 Å². The molecule has 2 aliphatic carbocycles. The molecule has 3 atom stereocenters. The quantitative estimate of drug-likeness (QED) is 0.580. The highest BCUT2D eigenvalue weighted by molar-refractivity contribution is 6.25. The second kappa shape index (κ2) is 7.79. The van der Waals surface area contributed by atoms with Crippen LogP contribution in [-0.2, 0) is 10.2 Å². The number of Topliss-reactive ketones (excluding diaryl/α,β-unsaturated/α-hetero) is 1. The molecule has 0 aromatic heterocycles. The molecule has 1 heterocycles. The number of phenols is 1. The molecule has 5 nitrogen and oxygen atoms in total. The lowest BCUT2D eigenvalue weighted by Gasteiger charge is -2.42. The summed E-state index contributed by atoms with van der Waals surface area (Å²) in [4.78, 5) is 25.7. The Hall–Kier alpha value is -2.56. The highest BCUT2D eigenvalue weighted by Gasteiger charge is 2.50. The maximum absolute atomic E-state index is 12.9. The minimum atomic E-state index is -0.467. The van der Waals surface area contributed by atoms with Crippen molar-refractivity contribution in [3.05, 3.63) is 46.7 Å². The van der Waals surface area contributed by atoms with Crippen LogP contribution in [-0.4, -0.2) is 29.9 Å². The molecule has 1 fully saturated rings. The second-order valence-corrected chi connectivity index (χ2v) is 10.5. The number of aromatic hydroxyl groups is 1. The van der Waals surface area contributed by atoms with Crippen LogP contribution in [0.1, 0.15) is 92.5 Å². The van der Waals surface area contributed by atoms with Gasteiger partial charge in [-0.15, -0.1) is 0 Å². The Labute approximate surface area is 190 Å². The summed E-state index contributed by atoms with van der Waals surface area (Å²) in [6, 6.07) is 1.42. The lowest BCUT2D eigenvalue weighted by molar-refractivity contribution is 0.0910. The average molecular weight is 439 g/mol. The Morgan fingerprint density at radius 1 is 1.28 bits per heavy atom. The number of benzene rings is 1. The molecule has 0 spiro atoms. The van der Waals surface area contributed by atoms with Gasteiger partial charge in [0.2, 0.25) is 5.78 Å². The number of carbonyl (C=O) groups is 2. The van der Waals surface area contributed by atoms with Crippen molar-refractivity contribution in [3.8, 4) is 11.5 Å². The highest BCUT2D eigenvalue weighted by atomic mass is 16.5. The fourth-order valence-electron chi connectivity index (χ4n) is 6.24. The first-order chi connectivity index (χ1) is 15.0. The standard InChI is InChI=1S/C27H34O5/c1-7-21-27(5,12-10-17-15(2)9-8-11-26(17,3)4)23-19(29)13-16-22(25(23)32-21)18(28)14-20(31-6)24(16)30/h13-14,17,21,29H,2,7-12H2,1,3-6H3. The van der Waals surface area contributed by atoms with E-state index in [1.165, 1.54) is 37.7 Å². The molecule has 1 aromatic carbocycles. The lowest BCUT2D eigenvalue weighted by Crippen LogP contribution is -2.37. The summed E-state index contributed by atoms with van der Waals surface area (Å²) in [5.41, 5.74) is 2.07. The van der Waals surface area contributed by atoms with E-state index in [9.17, 15) is 14.7 Å². The Morgan fingerprint density at radius 3 is 2.62 bits per heavy atom. The average Bonchev–Trinajstić information content (AvgIpc) is 3.02. The summed E-state index contributed by atoms with van der Waals surface area (Å²) in [7, 11) is 1.36. The fraction of sp³-hybridized carbons (Fsp3) is 0.556. The number of carbonyl (C=O) groups excluding carboxylic acids is 2. The number of allylic oxidation sites excluding steroid dienone is 3. The molecule has 1 aromatic rings. The van der Waals surface area contributed by atoms with E-state index >= 15 is 0 Å². The number of ketones is 2. The summed E-state index contributed by atoms with van der Waals surface area (Å²) in [6.45, 7) is 13.2. The van der Waals surface area contributed by atoms with Crippen LogP contribution in [0.15, 0.2) is 30.1 Å². The number of fused-ring (bicyclic) bond motifs is 3. The molecule has 172 valence electrons. The minimum absolute atomic E-state index is 0.0115. The summed E-state index contributed by atoms with van der Waals surface area (Å²) in [5.74, 6) is 0.0232. The van der Waals surface area contributed by atoms with Crippen molar-refractivity contribution in [1.82, 2.24) is 0 Å². The van der Waals surface area contributed by atoms with Crippen LogP contribution in [0.2, 0.25) is 0 Å². The molecule has 1 saturated carbocycles. The SMILES string of the molecule is C=C1CCCC(C)(C)C1CCC1(C)c2c(O)cc3c(c2OC1CC)C(=O)C=C(OC)C3=O. The van der Waals surface area contributed by atoms with Gasteiger partial charge in [0.25, 0.3) is 0 Å². The zero-order valence-corrected chi connectivity index (χ0v) is 19.8. The summed E-state index contributed by atoms with van der Waals surface area (Å²) in [6.07, 6.45) is 6.94. The van der Waals surface area contributed by atoms with Crippen molar-refractivity contribution in [1.29, 1.82) is 0 Å². The zero-order valence-electron chi connectivity index (χ0n) is 19.8. The molecule has 4 rings (SSSR count). The van der Waals surface area contributed by atoms with Crippen LogP contribution in [0.3, 0.4) is 0 Å². The van der Waals surface area contributed by atoms with Crippen molar-refractivity contribution < 1.29 is 24.2 Å². The number of phenolic OH excluding ortho intramolecular Hbond substituents is 1. The lowest BCUT2D eigenvalue weighted by atomic mass is 9.62. The maximum atomic E-state index is 12.9. The van der Waals surface area contributed by atoms with Gasteiger partial charge in [0, 0.05) is 22.6 Å². The predicted octanol–water partition coefficient (Wildman–Crippen LogP) is 5.89. The number of ether oxygens (including phenoxy) is 2. The Kier molecular flexibility index (Phi) is 5.51. The van der Waals surface area contributed by atoms with E-state index in [1.54, 1.807) is 0 Å². The largest absolute Gasteiger partial charge is 0.507 e. The second-order valence-electron chi connectivity index (χ2n) is 10.5. The van der Waals surface area contributed by atoms with Crippen molar-refractivity contribution >= 4 is 11.6 Å². The smallest absolute Gasteiger partial charge is 0.228 e. The third kappa shape index (κ3) is 3.28.